The largest absolute Gasteiger partial charge is 0.479 e. The van der Waals surface area contributed by atoms with E-state index in [-0.39, 0.29) is 31.7 Å². The van der Waals surface area contributed by atoms with Crippen LogP contribution in [-0.2, 0) is 33.5 Å². The van der Waals surface area contributed by atoms with Crippen LogP contribution in [0.5, 0.6) is 0 Å². The third-order valence-electron chi connectivity index (χ3n) is 4.14. The van der Waals surface area contributed by atoms with Crippen LogP contribution >= 0.6 is 0 Å². The molecule has 2 saturated heterocycles. The van der Waals surface area contributed by atoms with Gasteiger partial charge in [-0.25, -0.2) is 4.79 Å². The van der Waals surface area contributed by atoms with Crippen molar-refractivity contribution in [2.45, 2.75) is 51.5 Å². The van der Waals surface area contributed by atoms with Crippen LogP contribution in [0.15, 0.2) is 0 Å². The van der Waals surface area contributed by atoms with Crippen LogP contribution in [0, 0.1) is 0 Å². The lowest BCUT2D eigenvalue weighted by molar-refractivity contribution is -0.165. The number of aliphatic carboxylic acids is 1. The molecule has 0 spiro atoms. The van der Waals surface area contributed by atoms with Crippen LogP contribution in [0.3, 0.4) is 0 Å². The molecule has 4 amide bonds. The number of rotatable bonds is 5. The number of hydrogen-bond acceptors (Lipinski definition) is 7. The summed E-state index contributed by atoms with van der Waals surface area (Å²) < 4.78 is 4.26. The molecule has 1 unspecified atom stereocenters. The highest BCUT2D eigenvalue weighted by atomic mass is 16.5. The van der Waals surface area contributed by atoms with Crippen molar-refractivity contribution < 1.29 is 38.6 Å². The fourth-order valence-corrected chi connectivity index (χ4v) is 2.61. The summed E-state index contributed by atoms with van der Waals surface area (Å²) in [5.41, 5.74) is -1.92. The molecule has 0 aromatic rings. The monoisotopic (exact) mass is 370 g/mol. The van der Waals surface area contributed by atoms with Crippen molar-refractivity contribution >= 4 is 35.6 Å². The number of likely N-dealkylation sites (tertiary alicyclic amines) is 2. The number of ether oxygens (including phenoxy) is 1. The van der Waals surface area contributed by atoms with E-state index in [0.29, 0.717) is 11.3 Å². The van der Waals surface area contributed by atoms with Gasteiger partial charge in [0, 0.05) is 32.1 Å². The molecule has 2 aliphatic rings. The van der Waals surface area contributed by atoms with Gasteiger partial charge in [0.15, 0.2) is 5.54 Å². The van der Waals surface area contributed by atoms with E-state index in [1.807, 2.05) is 0 Å². The SMILES string of the molecule is CC(CN1C(=O)CCC1=O)(C(=O)O)N1C(=O)CCC1=O.CCC(=O)OC. The third-order valence-corrected chi connectivity index (χ3v) is 4.14. The minimum Gasteiger partial charge on any atom is -0.479 e. The van der Waals surface area contributed by atoms with Gasteiger partial charge in [0.25, 0.3) is 0 Å². The van der Waals surface area contributed by atoms with E-state index in [9.17, 15) is 33.9 Å². The van der Waals surface area contributed by atoms with Crippen LogP contribution in [-0.4, -0.2) is 69.7 Å². The van der Waals surface area contributed by atoms with E-state index in [0.717, 1.165) is 4.90 Å². The van der Waals surface area contributed by atoms with Crippen molar-refractivity contribution in [2.75, 3.05) is 13.7 Å². The molecule has 144 valence electrons. The van der Waals surface area contributed by atoms with Crippen molar-refractivity contribution in [1.29, 1.82) is 0 Å². The maximum absolute atomic E-state index is 11.7. The highest BCUT2D eigenvalue weighted by Crippen LogP contribution is 2.27. The minimum absolute atomic E-state index is 0.0242. The highest BCUT2D eigenvalue weighted by Gasteiger charge is 2.51. The molecule has 1 N–H and O–H groups in total. The summed E-state index contributed by atoms with van der Waals surface area (Å²) in [6.45, 7) is 2.43. The predicted molar refractivity (Wildman–Crippen MR) is 85.4 cm³/mol. The average molecular weight is 370 g/mol. The van der Waals surface area contributed by atoms with Crippen LogP contribution in [0.4, 0.5) is 0 Å². The summed E-state index contributed by atoms with van der Waals surface area (Å²) >= 11 is 0. The zero-order valence-corrected chi connectivity index (χ0v) is 14.9. The summed E-state index contributed by atoms with van der Waals surface area (Å²) in [7, 11) is 1.38. The van der Waals surface area contributed by atoms with E-state index in [4.69, 9.17) is 0 Å². The molecule has 0 bridgehead atoms. The molecule has 26 heavy (non-hydrogen) atoms. The smallest absolute Gasteiger partial charge is 0.331 e. The van der Waals surface area contributed by atoms with Gasteiger partial charge < -0.3 is 9.84 Å². The Kier molecular flexibility index (Phi) is 6.99. The van der Waals surface area contributed by atoms with Gasteiger partial charge in [0.1, 0.15) is 0 Å². The maximum Gasteiger partial charge on any atom is 0.331 e. The maximum atomic E-state index is 11.7. The Balaban J connectivity index is 0.000000487. The summed E-state index contributed by atoms with van der Waals surface area (Å²) in [5.74, 6) is -3.75. The fourth-order valence-electron chi connectivity index (χ4n) is 2.61. The number of carbonyl (C=O) groups is 6. The molecule has 0 radical (unpaired) electrons. The minimum atomic E-state index is -1.92. The molecular weight excluding hydrogens is 348 g/mol. The normalized spacial score (nSPS) is 19.2. The average Bonchev–Trinajstić information content (AvgIpc) is 3.10. The van der Waals surface area contributed by atoms with Gasteiger partial charge >= 0.3 is 11.9 Å². The van der Waals surface area contributed by atoms with Crippen molar-refractivity contribution in [3.63, 3.8) is 0 Å². The number of imide groups is 2. The molecule has 0 aromatic carbocycles. The topological polar surface area (TPSA) is 138 Å². The number of amides is 4. The number of hydrogen-bond donors (Lipinski definition) is 1. The molecule has 1 atom stereocenters. The molecule has 0 aliphatic carbocycles. The summed E-state index contributed by atoms with van der Waals surface area (Å²) in [4.78, 5) is 69.6. The quantitative estimate of drug-likeness (QED) is 0.514. The van der Waals surface area contributed by atoms with E-state index < -0.39 is 41.7 Å². The predicted octanol–water partition coefficient (Wildman–Crippen LogP) is -0.303. The Morgan fingerprint density at radius 1 is 1.00 bits per heavy atom. The number of carbonyl (C=O) groups excluding carboxylic acids is 5. The lowest BCUT2D eigenvalue weighted by Gasteiger charge is -2.35. The second kappa shape index (κ2) is 8.54. The molecule has 2 rings (SSSR count). The van der Waals surface area contributed by atoms with Crippen molar-refractivity contribution in [3.05, 3.63) is 0 Å². The number of esters is 1. The van der Waals surface area contributed by atoms with E-state index in [1.54, 1.807) is 6.92 Å². The van der Waals surface area contributed by atoms with Gasteiger partial charge in [-0.3, -0.25) is 33.8 Å². The van der Waals surface area contributed by atoms with E-state index in [1.165, 1.54) is 14.0 Å². The van der Waals surface area contributed by atoms with Gasteiger partial charge in [-0.15, -0.1) is 0 Å². The summed E-state index contributed by atoms with van der Waals surface area (Å²) in [6, 6.07) is 0. The first-order valence-electron chi connectivity index (χ1n) is 8.07. The van der Waals surface area contributed by atoms with Crippen molar-refractivity contribution in [1.82, 2.24) is 9.80 Å². The Bertz CT molecular complexity index is 606. The van der Waals surface area contributed by atoms with Gasteiger partial charge in [-0.05, 0) is 6.92 Å². The van der Waals surface area contributed by atoms with E-state index in [2.05, 4.69) is 4.74 Å². The van der Waals surface area contributed by atoms with Crippen LogP contribution in [0.2, 0.25) is 0 Å². The lowest BCUT2D eigenvalue weighted by atomic mass is 9.99. The Morgan fingerprint density at radius 3 is 1.73 bits per heavy atom. The molecule has 10 nitrogen and oxygen atoms in total. The molecular formula is C16H22N2O8. The fraction of sp³-hybridized carbons (Fsp3) is 0.625. The van der Waals surface area contributed by atoms with Crippen LogP contribution < -0.4 is 0 Å². The zero-order valence-electron chi connectivity index (χ0n) is 14.9. The Hall–Kier alpha value is -2.78. The van der Waals surface area contributed by atoms with E-state index >= 15 is 0 Å². The van der Waals surface area contributed by atoms with Crippen molar-refractivity contribution in [3.8, 4) is 0 Å². The molecule has 0 saturated carbocycles. The van der Waals surface area contributed by atoms with Gasteiger partial charge in [0.2, 0.25) is 23.6 Å². The highest BCUT2D eigenvalue weighted by molar-refractivity contribution is 6.07. The summed E-state index contributed by atoms with van der Waals surface area (Å²) in [5, 5.41) is 9.37. The van der Waals surface area contributed by atoms with Gasteiger partial charge in [0.05, 0.1) is 13.7 Å². The molecule has 0 aromatic heterocycles. The summed E-state index contributed by atoms with van der Waals surface area (Å²) in [6.07, 6.45) is 0.413. The number of nitrogens with zero attached hydrogens (tertiary/aromatic N) is 2. The van der Waals surface area contributed by atoms with Crippen LogP contribution in [0.25, 0.3) is 0 Å². The Labute approximate surface area is 150 Å². The van der Waals surface area contributed by atoms with Crippen LogP contribution in [0.1, 0.15) is 46.0 Å². The molecule has 10 heteroatoms. The second-order valence-corrected chi connectivity index (χ2v) is 6.01. The van der Waals surface area contributed by atoms with Gasteiger partial charge in [-0.2, -0.15) is 0 Å². The first-order valence-corrected chi connectivity index (χ1v) is 8.07. The standard InChI is InChI=1S/C12H14N2O6.C4H8O2/c1-12(11(19)20,14-9(17)4-5-10(14)18)6-13-7(15)2-3-8(13)16;1-3-4(5)6-2/h2-6H2,1H3,(H,19,20);3H2,1-2H3. The van der Waals surface area contributed by atoms with Gasteiger partial charge in [-0.1, -0.05) is 6.92 Å². The second-order valence-electron chi connectivity index (χ2n) is 6.01. The first kappa shape index (κ1) is 21.3. The first-order chi connectivity index (χ1) is 12.1. The van der Waals surface area contributed by atoms with Crippen molar-refractivity contribution in [2.24, 2.45) is 0 Å². The zero-order chi connectivity index (χ0) is 20.1. The Morgan fingerprint density at radius 2 is 1.42 bits per heavy atom. The lowest BCUT2D eigenvalue weighted by Crippen LogP contribution is -2.61. The number of methoxy groups -OCH3 is 1. The molecule has 2 fully saturated rings. The molecule has 2 aliphatic heterocycles. The third kappa shape index (κ3) is 4.44. The molecule has 2 heterocycles. The number of carboxylic acids is 1. The number of carboxylic acid groups (broad SMARTS) is 1.